The number of carbonyl (C=O) groups excluding carboxylic acids is 2. The van der Waals surface area contributed by atoms with E-state index in [0.29, 0.717) is 0 Å². The number of esters is 1. The van der Waals surface area contributed by atoms with Gasteiger partial charge in [0.25, 0.3) is 5.91 Å². The van der Waals surface area contributed by atoms with Gasteiger partial charge in [-0.15, -0.1) is 0 Å². The lowest BCUT2D eigenvalue weighted by Crippen LogP contribution is -2.45. The first-order chi connectivity index (χ1) is 10.6. The lowest BCUT2D eigenvalue weighted by atomic mass is 10.0. The van der Waals surface area contributed by atoms with Crippen LogP contribution in [0.25, 0.3) is 0 Å². The van der Waals surface area contributed by atoms with Gasteiger partial charge in [-0.3, -0.25) is 4.79 Å². The van der Waals surface area contributed by atoms with Crippen LogP contribution < -0.4 is 5.32 Å². The molecular weight excluding hydrogens is 320 g/mol. The summed E-state index contributed by atoms with van der Waals surface area (Å²) in [6.07, 6.45) is 0. The molecule has 23 heavy (non-hydrogen) atoms. The van der Waals surface area contributed by atoms with Crippen LogP contribution in [-0.2, 0) is 19.6 Å². The summed E-state index contributed by atoms with van der Waals surface area (Å²) in [4.78, 5) is 23.9. The molecule has 0 aromatic heterocycles. The molecule has 1 unspecified atom stereocenters. The minimum absolute atomic E-state index is 0.0902. The Labute approximate surface area is 136 Å². The van der Waals surface area contributed by atoms with Crippen LogP contribution in [-0.4, -0.2) is 51.8 Å². The predicted molar refractivity (Wildman–Crippen MR) is 85.4 cm³/mol. The molecule has 128 valence electrons. The van der Waals surface area contributed by atoms with Crippen molar-refractivity contribution in [2.75, 3.05) is 21.2 Å². The lowest BCUT2D eigenvalue weighted by molar-refractivity contribution is -0.144. The molecule has 1 amide bonds. The summed E-state index contributed by atoms with van der Waals surface area (Å²) in [6.45, 7) is 3.57. The minimum Gasteiger partial charge on any atom is -0.467 e. The van der Waals surface area contributed by atoms with Crippen molar-refractivity contribution >= 4 is 21.9 Å². The van der Waals surface area contributed by atoms with Crippen LogP contribution in [0.15, 0.2) is 29.2 Å². The third kappa shape index (κ3) is 4.52. The molecule has 1 N–H and O–H groups in total. The van der Waals surface area contributed by atoms with Crippen molar-refractivity contribution in [2.45, 2.75) is 24.8 Å². The highest BCUT2D eigenvalue weighted by molar-refractivity contribution is 7.89. The predicted octanol–water partition coefficient (Wildman–Crippen LogP) is 0.864. The molecule has 1 aromatic rings. The second kappa shape index (κ2) is 7.56. The summed E-state index contributed by atoms with van der Waals surface area (Å²) in [5.74, 6) is -1.14. The van der Waals surface area contributed by atoms with Gasteiger partial charge in [0.1, 0.15) is 6.04 Å². The molecule has 7 nitrogen and oxygen atoms in total. The van der Waals surface area contributed by atoms with E-state index in [4.69, 9.17) is 0 Å². The normalized spacial score (nSPS) is 13.0. The highest BCUT2D eigenvalue weighted by atomic mass is 32.2. The molecule has 0 fully saturated rings. The van der Waals surface area contributed by atoms with E-state index in [1.54, 1.807) is 13.8 Å². The number of hydrogen-bond donors (Lipinski definition) is 1. The first-order valence-electron chi connectivity index (χ1n) is 7.02. The van der Waals surface area contributed by atoms with Crippen molar-refractivity contribution in [3.8, 4) is 0 Å². The second-order valence-corrected chi connectivity index (χ2v) is 7.68. The van der Waals surface area contributed by atoms with E-state index in [-0.39, 0.29) is 16.4 Å². The van der Waals surface area contributed by atoms with Gasteiger partial charge in [0, 0.05) is 19.7 Å². The maximum Gasteiger partial charge on any atom is 0.328 e. The quantitative estimate of drug-likeness (QED) is 0.774. The molecule has 0 aliphatic heterocycles. The third-order valence-corrected chi connectivity index (χ3v) is 5.13. The van der Waals surface area contributed by atoms with Gasteiger partial charge in [0.15, 0.2) is 0 Å². The fourth-order valence-electron chi connectivity index (χ4n) is 1.84. The van der Waals surface area contributed by atoms with Crippen molar-refractivity contribution in [1.29, 1.82) is 0 Å². The number of rotatable bonds is 6. The van der Waals surface area contributed by atoms with Gasteiger partial charge in [-0.1, -0.05) is 13.8 Å². The summed E-state index contributed by atoms with van der Waals surface area (Å²) in [5, 5.41) is 2.59. The van der Waals surface area contributed by atoms with Gasteiger partial charge in [0.05, 0.1) is 12.0 Å². The van der Waals surface area contributed by atoms with E-state index in [1.165, 1.54) is 45.5 Å². The Kier molecular flexibility index (Phi) is 6.28. The molecule has 1 rings (SSSR count). The largest absolute Gasteiger partial charge is 0.467 e. The SMILES string of the molecule is COC(=O)C(NC(=O)c1ccc(S(=O)(=O)N(C)C)cc1)C(C)C. The van der Waals surface area contributed by atoms with Crippen molar-refractivity contribution < 1.29 is 22.7 Å². The number of methoxy groups -OCH3 is 1. The third-order valence-electron chi connectivity index (χ3n) is 3.30. The Morgan fingerprint density at radius 3 is 2.04 bits per heavy atom. The van der Waals surface area contributed by atoms with E-state index in [0.717, 1.165) is 4.31 Å². The van der Waals surface area contributed by atoms with Crippen LogP contribution in [0.2, 0.25) is 0 Å². The Hall–Kier alpha value is -1.93. The van der Waals surface area contributed by atoms with E-state index >= 15 is 0 Å². The van der Waals surface area contributed by atoms with Crippen molar-refractivity contribution in [3.63, 3.8) is 0 Å². The Bertz CT molecular complexity index is 666. The number of benzene rings is 1. The van der Waals surface area contributed by atoms with Crippen LogP contribution in [0.1, 0.15) is 24.2 Å². The Morgan fingerprint density at radius 2 is 1.65 bits per heavy atom. The smallest absolute Gasteiger partial charge is 0.328 e. The number of ether oxygens (including phenoxy) is 1. The molecule has 0 bridgehead atoms. The highest BCUT2D eigenvalue weighted by Gasteiger charge is 2.25. The van der Waals surface area contributed by atoms with Crippen LogP contribution in [0, 0.1) is 5.92 Å². The number of nitrogens with zero attached hydrogens (tertiary/aromatic N) is 1. The molecule has 0 aliphatic carbocycles. The molecule has 8 heteroatoms. The zero-order valence-corrected chi connectivity index (χ0v) is 14.7. The van der Waals surface area contributed by atoms with Crippen molar-refractivity contribution in [3.05, 3.63) is 29.8 Å². The first kappa shape index (κ1) is 19.1. The summed E-state index contributed by atoms with van der Waals surface area (Å²) in [6, 6.07) is 4.75. The Balaban J connectivity index is 2.96. The number of sulfonamides is 1. The van der Waals surface area contributed by atoms with Gasteiger partial charge < -0.3 is 10.1 Å². The van der Waals surface area contributed by atoms with E-state index < -0.39 is 27.9 Å². The highest BCUT2D eigenvalue weighted by Crippen LogP contribution is 2.14. The number of amides is 1. The lowest BCUT2D eigenvalue weighted by Gasteiger charge is -2.20. The zero-order chi connectivity index (χ0) is 17.8. The molecule has 0 saturated heterocycles. The van der Waals surface area contributed by atoms with Gasteiger partial charge in [-0.25, -0.2) is 17.5 Å². The summed E-state index contributed by atoms with van der Waals surface area (Å²) in [7, 11) is 0.569. The van der Waals surface area contributed by atoms with Crippen LogP contribution in [0.4, 0.5) is 0 Å². The molecule has 0 radical (unpaired) electrons. The minimum atomic E-state index is -3.55. The monoisotopic (exact) mass is 342 g/mol. The van der Waals surface area contributed by atoms with Crippen LogP contribution in [0.5, 0.6) is 0 Å². The van der Waals surface area contributed by atoms with Crippen LogP contribution >= 0.6 is 0 Å². The molecule has 0 spiro atoms. The summed E-state index contributed by atoms with van der Waals surface area (Å²) < 4.78 is 29.7. The fourth-order valence-corrected chi connectivity index (χ4v) is 2.74. The molecular formula is C15H22N2O5S. The maximum atomic E-state index is 12.2. The maximum absolute atomic E-state index is 12.2. The van der Waals surface area contributed by atoms with E-state index in [9.17, 15) is 18.0 Å². The standard InChI is InChI=1S/C15H22N2O5S/c1-10(2)13(15(19)22-5)16-14(18)11-6-8-12(9-7-11)23(20,21)17(3)4/h6-10,13H,1-5H3,(H,16,18). The second-order valence-electron chi connectivity index (χ2n) is 5.53. The van der Waals surface area contributed by atoms with Gasteiger partial charge in [-0.2, -0.15) is 0 Å². The number of hydrogen-bond acceptors (Lipinski definition) is 5. The van der Waals surface area contributed by atoms with E-state index in [2.05, 4.69) is 10.1 Å². The van der Waals surface area contributed by atoms with Crippen molar-refractivity contribution in [2.24, 2.45) is 5.92 Å². The summed E-state index contributed by atoms with van der Waals surface area (Å²) in [5.41, 5.74) is 0.261. The van der Waals surface area contributed by atoms with Crippen molar-refractivity contribution in [1.82, 2.24) is 9.62 Å². The number of carbonyl (C=O) groups is 2. The van der Waals surface area contributed by atoms with Gasteiger partial charge in [0.2, 0.25) is 10.0 Å². The molecule has 0 aliphatic rings. The number of nitrogens with one attached hydrogen (secondary N) is 1. The van der Waals surface area contributed by atoms with Gasteiger partial charge >= 0.3 is 5.97 Å². The average Bonchev–Trinajstić information content (AvgIpc) is 2.51. The first-order valence-corrected chi connectivity index (χ1v) is 8.46. The Morgan fingerprint density at radius 1 is 1.13 bits per heavy atom. The topological polar surface area (TPSA) is 92.8 Å². The molecule has 1 atom stereocenters. The molecule has 0 saturated carbocycles. The van der Waals surface area contributed by atoms with E-state index in [1.807, 2.05) is 0 Å². The molecule has 1 aromatic carbocycles. The fraction of sp³-hybridized carbons (Fsp3) is 0.467. The van der Waals surface area contributed by atoms with Gasteiger partial charge in [-0.05, 0) is 30.2 Å². The zero-order valence-electron chi connectivity index (χ0n) is 13.9. The van der Waals surface area contributed by atoms with Crippen LogP contribution in [0.3, 0.4) is 0 Å². The average molecular weight is 342 g/mol. The molecule has 0 heterocycles. The summed E-state index contributed by atoms with van der Waals surface area (Å²) >= 11 is 0.